The number of nitrogens with zero attached hydrogens (tertiary/aromatic N) is 6. The van der Waals surface area contributed by atoms with Crippen molar-refractivity contribution in [3.8, 4) is 0 Å². The van der Waals surface area contributed by atoms with Gasteiger partial charge in [0, 0.05) is 16.5 Å². The van der Waals surface area contributed by atoms with Gasteiger partial charge in [0.15, 0.2) is 0 Å². The molecule has 0 aliphatic rings. The molecule has 0 saturated heterocycles. The molecule has 0 bridgehead atoms. The Bertz CT molecular complexity index is 640. The summed E-state index contributed by atoms with van der Waals surface area (Å²) in [5.41, 5.74) is 6.35. The summed E-state index contributed by atoms with van der Waals surface area (Å²) >= 11 is 0. The van der Waals surface area contributed by atoms with E-state index in [1.165, 1.54) is 17.3 Å². The number of azide groups is 1. The van der Waals surface area contributed by atoms with Crippen molar-refractivity contribution in [2.45, 2.75) is 12.1 Å². The molecular formula is C11H10F2N6O. The van der Waals surface area contributed by atoms with Crippen molar-refractivity contribution >= 4 is 0 Å². The maximum absolute atomic E-state index is 13.8. The Hall–Kier alpha value is -2.51. The zero-order chi connectivity index (χ0) is 14.6. The van der Waals surface area contributed by atoms with Crippen molar-refractivity contribution in [3.05, 3.63) is 58.5 Å². The summed E-state index contributed by atoms with van der Waals surface area (Å²) in [6.45, 7) is -0.611. The van der Waals surface area contributed by atoms with Crippen molar-refractivity contribution in [2.24, 2.45) is 5.11 Å². The quantitative estimate of drug-likeness (QED) is 0.513. The van der Waals surface area contributed by atoms with E-state index in [2.05, 4.69) is 20.1 Å². The molecule has 1 aromatic heterocycles. The van der Waals surface area contributed by atoms with Crippen LogP contribution >= 0.6 is 0 Å². The van der Waals surface area contributed by atoms with Crippen LogP contribution in [0.25, 0.3) is 10.4 Å². The first-order valence-electron chi connectivity index (χ1n) is 5.56. The minimum absolute atomic E-state index is 0.179. The van der Waals surface area contributed by atoms with Crippen LogP contribution in [0, 0.1) is 11.6 Å². The molecule has 0 spiro atoms. The molecule has 1 atom stereocenters. The summed E-state index contributed by atoms with van der Waals surface area (Å²) in [6, 6.07) is 2.77. The largest absolute Gasteiger partial charge is 0.383 e. The molecule has 9 heteroatoms. The smallest absolute Gasteiger partial charge is 0.137 e. The summed E-state index contributed by atoms with van der Waals surface area (Å²) in [7, 11) is 0. The normalized spacial score (nSPS) is 13.6. The molecule has 0 aliphatic carbocycles. The van der Waals surface area contributed by atoms with E-state index in [4.69, 9.17) is 5.53 Å². The highest BCUT2D eigenvalue weighted by Crippen LogP contribution is 2.27. The highest BCUT2D eigenvalue weighted by molar-refractivity contribution is 5.25. The average Bonchev–Trinajstić information content (AvgIpc) is 2.88. The number of aliphatic hydroxyl groups is 1. The van der Waals surface area contributed by atoms with Gasteiger partial charge in [0.2, 0.25) is 0 Å². The van der Waals surface area contributed by atoms with Crippen molar-refractivity contribution in [3.63, 3.8) is 0 Å². The fourth-order valence-electron chi connectivity index (χ4n) is 1.82. The van der Waals surface area contributed by atoms with Gasteiger partial charge in [-0.3, -0.25) is 0 Å². The molecule has 1 N–H and O–H groups in total. The Labute approximate surface area is 112 Å². The minimum atomic E-state index is -1.85. The van der Waals surface area contributed by atoms with Crippen LogP contribution in [0.3, 0.4) is 0 Å². The SMILES string of the molecule is [N-]=[N+]=NC[C@@](O)(Cn1cncn1)c1ccc(F)cc1F. The number of rotatable bonds is 5. The fourth-order valence-corrected chi connectivity index (χ4v) is 1.82. The average molecular weight is 280 g/mol. The lowest BCUT2D eigenvalue weighted by Crippen LogP contribution is -2.36. The Balaban J connectivity index is 2.42. The number of aromatic nitrogens is 3. The molecule has 1 heterocycles. The highest BCUT2D eigenvalue weighted by atomic mass is 19.1. The van der Waals surface area contributed by atoms with Crippen LogP contribution in [0.1, 0.15) is 5.56 Å². The molecule has 7 nitrogen and oxygen atoms in total. The molecule has 0 fully saturated rings. The predicted molar refractivity (Wildman–Crippen MR) is 64.3 cm³/mol. The van der Waals surface area contributed by atoms with Crippen molar-refractivity contribution in [1.29, 1.82) is 0 Å². The van der Waals surface area contributed by atoms with Crippen LogP contribution in [-0.4, -0.2) is 26.4 Å². The summed E-state index contributed by atoms with van der Waals surface area (Å²) in [5.74, 6) is -1.70. The van der Waals surface area contributed by atoms with Gasteiger partial charge < -0.3 is 5.11 Å². The standard InChI is InChI=1S/C11H10F2N6O/c12-8-1-2-9(10(13)3-8)11(20,4-16-18-14)5-19-7-15-6-17-19/h1-3,6-7,20H,4-5H2/t11-/m1/s1. The third kappa shape index (κ3) is 2.90. The van der Waals surface area contributed by atoms with Gasteiger partial charge in [-0.1, -0.05) is 11.2 Å². The number of hydrogen-bond donors (Lipinski definition) is 1. The van der Waals surface area contributed by atoms with Crippen molar-refractivity contribution in [1.82, 2.24) is 14.8 Å². The molecular weight excluding hydrogens is 270 g/mol. The van der Waals surface area contributed by atoms with Crippen LogP contribution in [0.5, 0.6) is 0 Å². The minimum Gasteiger partial charge on any atom is -0.383 e. The lowest BCUT2D eigenvalue weighted by Gasteiger charge is -2.27. The molecule has 0 unspecified atom stereocenters. The Morgan fingerprint density at radius 3 is 2.85 bits per heavy atom. The summed E-state index contributed by atoms with van der Waals surface area (Å²) in [4.78, 5) is 6.25. The maximum Gasteiger partial charge on any atom is 0.137 e. The van der Waals surface area contributed by atoms with E-state index < -0.39 is 23.8 Å². The van der Waals surface area contributed by atoms with Gasteiger partial charge >= 0.3 is 0 Å². The number of halogens is 2. The maximum atomic E-state index is 13.8. The molecule has 0 radical (unpaired) electrons. The second kappa shape index (κ2) is 5.64. The topological polar surface area (TPSA) is 99.7 Å². The van der Waals surface area contributed by atoms with E-state index in [9.17, 15) is 13.9 Å². The van der Waals surface area contributed by atoms with Crippen LogP contribution < -0.4 is 0 Å². The first-order chi connectivity index (χ1) is 9.55. The van der Waals surface area contributed by atoms with Gasteiger partial charge in [0.1, 0.15) is 29.9 Å². The number of hydrogen-bond acceptors (Lipinski definition) is 4. The van der Waals surface area contributed by atoms with Gasteiger partial charge in [0.25, 0.3) is 0 Å². The first-order valence-corrected chi connectivity index (χ1v) is 5.56. The Morgan fingerprint density at radius 2 is 2.25 bits per heavy atom. The van der Waals surface area contributed by atoms with Crippen LogP contribution in [0.4, 0.5) is 8.78 Å². The van der Waals surface area contributed by atoms with Gasteiger partial charge in [0.05, 0.1) is 13.1 Å². The van der Waals surface area contributed by atoms with Crippen LogP contribution in [-0.2, 0) is 12.1 Å². The zero-order valence-corrected chi connectivity index (χ0v) is 10.2. The third-order valence-electron chi connectivity index (χ3n) is 2.72. The first kappa shape index (κ1) is 13.9. The molecule has 2 aromatic rings. The van der Waals surface area contributed by atoms with E-state index in [0.717, 1.165) is 12.1 Å². The van der Waals surface area contributed by atoms with Crippen LogP contribution in [0.15, 0.2) is 36.0 Å². The molecule has 104 valence electrons. The van der Waals surface area contributed by atoms with Crippen LogP contribution in [0.2, 0.25) is 0 Å². The monoisotopic (exact) mass is 280 g/mol. The molecule has 20 heavy (non-hydrogen) atoms. The molecule has 0 aliphatic heterocycles. The molecule has 0 amide bonds. The fraction of sp³-hybridized carbons (Fsp3) is 0.273. The Morgan fingerprint density at radius 1 is 1.45 bits per heavy atom. The van der Waals surface area contributed by atoms with E-state index in [0.29, 0.717) is 6.07 Å². The lowest BCUT2D eigenvalue weighted by atomic mass is 9.93. The van der Waals surface area contributed by atoms with Gasteiger partial charge in [-0.05, 0) is 11.6 Å². The van der Waals surface area contributed by atoms with E-state index >= 15 is 0 Å². The van der Waals surface area contributed by atoms with Crippen molar-refractivity contribution in [2.75, 3.05) is 6.54 Å². The van der Waals surface area contributed by atoms with Crippen molar-refractivity contribution < 1.29 is 13.9 Å². The zero-order valence-electron chi connectivity index (χ0n) is 10.2. The molecule has 2 rings (SSSR count). The van der Waals surface area contributed by atoms with Gasteiger partial charge in [-0.15, -0.1) is 0 Å². The highest BCUT2D eigenvalue weighted by Gasteiger charge is 2.32. The summed E-state index contributed by atoms with van der Waals surface area (Å²) < 4.78 is 28.0. The second-order valence-electron chi connectivity index (χ2n) is 4.14. The Kier molecular flexibility index (Phi) is 3.92. The van der Waals surface area contributed by atoms with E-state index in [-0.39, 0.29) is 12.1 Å². The van der Waals surface area contributed by atoms with E-state index in [1.54, 1.807) is 0 Å². The second-order valence-corrected chi connectivity index (χ2v) is 4.14. The lowest BCUT2D eigenvalue weighted by molar-refractivity contribution is 0.0206. The van der Waals surface area contributed by atoms with Gasteiger partial charge in [-0.2, -0.15) is 5.10 Å². The summed E-state index contributed by atoms with van der Waals surface area (Å²) in [6.07, 6.45) is 2.57. The molecule has 0 saturated carbocycles. The van der Waals surface area contributed by atoms with E-state index in [1.807, 2.05) is 0 Å². The number of benzene rings is 1. The molecule has 1 aromatic carbocycles. The summed E-state index contributed by atoms with van der Waals surface area (Å²) in [5, 5.41) is 17.6. The van der Waals surface area contributed by atoms with Gasteiger partial charge in [-0.25, -0.2) is 18.4 Å². The third-order valence-corrected chi connectivity index (χ3v) is 2.72. The predicted octanol–water partition coefficient (Wildman–Crippen LogP) is 1.75.